The van der Waals surface area contributed by atoms with Gasteiger partial charge in [-0.3, -0.25) is 0 Å². The first kappa shape index (κ1) is 37.4. The van der Waals surface area contributed by atoms with Crippen LogP contribution in [0.1, 0.15) is 124 Å². The second-order valence-electron chi connectivity index (χ2n) is 13.0. The third-order valence-electron chi connectivity index (χ3n) is 8.26. The van der Waals surface area contributed by atoms with Gasteiger partial charge in [0.05, 0.1) is 26.4 Å². The average molecular weight is 591 g/mol. The standard InChI is InChI=1S/C35H62O5Si/c1-9-38-34(36)28-27-33(39-29-31-23-25-32(37-6)26-24-31)22-20-18-16-14-12-10-11-13-15-17-19-21-30(2)40-41(7,8)35(3,4)5/h23-28,30,33H,9-22,29H2,1-8H3/b28-27+/t30-,33-/m1/s1. The van der Waals surface area contributed by atoms with Crippen molar-refractivity contribution in [3.8, 4) is 5.75 Å². The minimum absolute atomic E-state index is 0.0943. The predicted octanol–water partition coefficient (Wildman–Crippen LogP) is 10.2. The molecular formula is C35H62O5Si. The molecule has 236 valence electrons. The first-order chi connectivity index (χ1) is 19.5. The summed E-state index contributed by atoms with van der Waals surface area (Å²) >= 11 is 0. The number of benzene rings is 1. The normalized spacial score (nSPS) is 13.9. The summed E-state index contributed by atoms with van der Waals surface area (Å²) in [7, 11) is 0.0282. The number of methoxy groups -OCH3 is 1. The molecule has 0 aliphatic rings. The topological polar surface area (TPSA) is 54.0 Å². The highest BCUT2D eigenvalue weighted by Crippen LogP contribution is 2.37. The van der Waals surface area contributed by atoms with Crippen LogP contribution in [-0.2, 0) is 25.3 Å². The first-order valence-electron chi connectivity index (χ1n) is 16.3. The van der Waals surface area contributed by atoms with Gasteiger partial charge in [-0.2, -0.15) is 0 Å². The van der Waals surface area contributed by atoms with Crippen molar-refractivity contribution < 1.29 is 23.4 Å². The maximum atomic E-state index is 11.8. The van der Waals surface area contributed by atoms with Gasteiger partial charge in [0.2, 0.25) is 0 Å². The zero-order valence-electron chi connectivity index (χ0n) is 27.8. The van der Waals surface area contributed by atoms with E-state index >= 15 is 0 Å². The summed E-state index contributed by atoms with van der Waals surface area (Å²) in [5, 5.41) is 0.291. The predicted molar refractivity (Wildman–Crippen MR) is 175 cm³/mol. The van der Waals surface area contributed by atoms with Crippen LogP contribution in [0.4, 0.5) is 0 Å². The fourth-order valence-electron chi connectivity index (χ4n) is 4.64. The van der Waals surface area contributed by atoms with Gasteiger partial charge in [0, 0.05) is 12.2 Å². The van der Waals surface area contributed by atoms with Gasteiger partial charge < -0.3 is 18.6 Å². The van der Waals surface area contributed by atoms with Crippen molar-refractivity contribution in [2.45, 2.75) is 155 Å². The number of unbranched alkanes of at least 4 members (excludes halogenated alkanes) is 10. The van der Waals surface area contributed by atoms with Gasteiger partial charge in [-0.05, 0) is 68.6 Å². The second kappa shape index (κ2) is 21.1. The van der Waals surface area contributed by atoms with Crippen molar-refractivity contribution in [2.75, 3.05) is 13.7 Å². The highest BCUT2D eigenvalue weighted by molar-refractivity contribution is 6.74. The molecule has 6 heteroatoms. The van der Waals surface area contributed by atoms with Crippen LogP contribution in [0, 0.1) is 0 Å². The van der Waals surface area contributed by atoms with E-state index in [2.05, 4.69) is 40.8 Å². The molecule has 0 spiro atoms. The summed E-state index contributed by atoms with van der Waals surface area (Å²) in [6.45, 7) is 16.6. The van der Waals surface area contributed by atoms with Crippen molar-refractivity contribution in [3.63, 3.8) is 0 Å². The van der Waals surface area contributed by atoms with Gasteiger partial charge in [-0.15, -0.1) is 0 Å². The van der Waals surface area contributed by atoms with Crippen molar-refractivity contribution in [1.29, 1.82) is 0 Å². The van der Waals surface area contributed by atoms with Gasteiger partial charge >= 0.3 is 5.97 Å². The molecule has 0 aliphatic heterocycles. The van der Waals surface area contributed by atoms with E-state index in [9.17, 15) is 4.79 Å². The smallest absolute Gasteiger partial charge is 0.330 e. The van der Waals surface area contributed by atoms with Crippen molar-refractivity contribution in [1.82, 2.24) is 0 Å². The third-order valence-corrected chi connectivity index (χ3v) is 12.9. The number of hydrogen-bond acceptors (Lipinski definition) is 5. The minimum Gasteiger partial charge on any atom is -0.497 e. The molecule has 1 aromatic carbocycles. The molecule has 0 saturated heterocycles. The van der Waals surface area contributed by atoms with Gasteiger partial charge in [0.15, 0.2) is 8.32 Å². The van der Waals surface area contributed by atoms with Crippen LogP contribution in [0.25, 0.3) is 0 Å². The van der Waals surface area contributed by atoms with E-state index in [1.165, 1.54) is 76.7 Å². The van der Waals surface area contributed by atoms with Gasteiger partial charge in [-0.25, -0.2) is 4.79 Å². The summed E-state index contributed by atoms with van der Waals surface area (Å²) in [5.74, 6) is 0.524. The number of rotatable bonds is 23. The lowest BCUT2D eigenvalue weighted by atomic mass is 10.0. The van der Waals surface area contributed by atoms with E-state index in [4.69, 9.17) is 18.6 Å². The molecule has 2 atom stereocenters. The maximum Gasteiger partial charge on any atom is 0.330 e. The molecule has 0 fully saturated rings. The molecule has 0 radical (unpaired) electrons. The molecule has 0 N–H and O–H groups in total. The van der Waals surface area contributed by atoms with Crippen LogP contribution in [0.2, 0.25) is 18.1 Å². The van der Waals surface area contributed by atoms with Crippen molar-refractivity contribution >= 4 is 14.3 Å². The Morgan fingerprint density at radius 3 is 1.85 bits per heavy atom. The molecule has 0 unspecified atom stereocenters. The van der Waals surface area contributed by atoms with E-state index in [1.54, 1.807) is 7.11 Å². The largest absolute Gasteiger partial charge is 0.497 e. The summed E-state index contributed by atoms with van der Waals surface area (Å²) in [4.78, 5) is 11.8. The second-order valence-corrected chi connectivity index (χ2v) is 17.7. The molecule has 0 aromatic heterocycles. The van der Waals surface area contributed by atoms with Gasteiger partial charge in [-0.1, -0.05) is 104 Å². The van der Waals surface area contributed by atoms with Crippen LogP contribution in [0.5, 0.6) is 5.75 Å². The SMILES string of the molecule is CCOC(=O)/C=C/[C@@H](CCCCCCCCCCCCC[C@@H](C)O[Si](C)(C)C(C)(C)C)OCc1ccc(OC)cc1. The van der Waals surface area contributed by atoms with Crippen LogP contribution in [-0.4, -0.2) is 40.2 Å². The fourth-order valence-corrected chi connectivity index (χ4v) is 6.12. The van der Waals surface area contributed by atoms with Crippen LogP contribution in [0.3, 0.4) is 0 Å². The Morgan fingerprint density at radius 2 is 1.37 bits per heavy atom. The zero-order valence-corrected chi connectivity index (χ0v) is 28.8. The Labute approximate surface area is 253 Å². The first-order valence-corrected chi connectivity index (χ1v) is 19.2. The third kappa shape index (κ3) is 17.8. The summed E-state index contributed by atoms with van der Waals surface area (Å²) in [6.07, 6.45) is 20.0. The van der Waals surface area contributed by atoms with E-state index in [0.29, 0.717) is 24.4 Å². The number of hydrogen-bond donors (Lipinski definition) is 0. The molecular weight excluding hydrogens is 528 g/mol. The summed E-state index contributed by atoms with van der Waals surface area (Å²) < 4.78 is 22.9. The van der Waals surface area contributed by atoms with E-state index < -0.39 is 8.32 Å². The zero-order chi connectivity index (χ0) is 30.6. The Hall–Kier alpha value is -1.63. The van der Waals surface area contributed by atoms with Crippen LogP contribution < -0.4 is 4.74 Å². The van der Waals surface area contributed by atoms with Crippen molar-refractivity contribution in [2.24, 2.45) is 0 Å². The Kier molecular flexibility index (Phi) is 19.3. The molecule has 0 heterocycles. The maximum absolute atomic E-state index is 11.8. The lowest BCUT2D eigenvalue weighted by molar-refractivity contribution is -0.137. The molecule has 0 saturated carbocycles. The monoisotopic (exact) mass is 590 g/mol. The van der Waals surface area contributed by atoms with Crippen LogP contribution in [0.15, 0.2) is 36.4 Å². The number of esters is 1. The highest BCUT2D eigenvalue weighted by atomic mass is 28.4. The Bertz CT molecular complexity index is 828. The lowest BCUT2D eigenvalue weighted by Crippen LogP contribution is -2.43. The lowest BCUT2D eigenvalue weighted by Gasteiger charge is -2.38. The molecule has 41 heavy (non-hydrogen) atoms. The quantitative estimate of drug-likeness (QED) is 0.0549. The van der Waals surface area contributed by atoms with Gasteiger partial charge in [0.25, 0.3) is 0 Å². The molecule has 1 aromatic rings. The number of carbonyl (C=O) groups excluding carboxylic acids is 1. The molecule has 0 aliphatic carbocycles. The molecule has 1 rings (SSSR count). The summed E-state index contributed by atoms with van der Waals surface area (Å²) in [5.41, 5.74) is 1.09. The molecule has 5 nitrogen and oxygen atoms in total. The fraction of sp³-hybridized carbons (Fsp3) is 0.743. The van der Waals surface area contributed by atoms with E-state index in [0.717, 1.165) is 24.2 Å². The molecule has 0 amide bonds. The molecule has 0 bridgehead atoms. The van der Waals surface area contributed by atoms with E-state index in [-0.39, 0.29) is 12.1 Å². The Balaban J connectivity index is 2.15. The van der Waals surface area contributed by atoms with Crippen molar-refractivity contribution in [3.05, 3.63) is 42.0 Å². The minimum atomic E-state index is -1.64. The average Bonchev–Trinajstić information content (AvgIpc) is 2.91. The van der Waals surface area contributed by atoms with Gasteiger partial charge in [0.1, 0.15) is 5.75 Å². The Morgan fingerprint density at radius 1 is 0.854 bits per heavy atom. The number of carbonyl (C=O) groups is 1. The van der Waals surface area contributed by atoms with E-state index in [1.807, 2.05) is 37.3 Å². The summed E-state index contributed by atoms with van der Waals surface area (Å²) in [6, 6.07) is 7.90. The van der Waals surface area contributed by atoms with Crippen LogP contribution >= 0.6 is 0 Å². The number of ether oxygens (including phenoxy) is 3. The highest BCUT2D eigenvalue weighted by Gasteiger charge is 2.38.